The summed E-state index contributed by atoms with van der Waals surface area (Å²) in [6.45, 7) is 0.503. The quantitative estimate of drug-likeness (QED) is 0.686. The summed E-state index contributed by atoms with van der Waals surface area (Å²) in [7, 11) is 0. The third-order valence-corrected chi connectivity index (χ3v) is 5.23. The SMILES string of the molecule is c1ccc(COc2ccccc2-c2noc(C3CC4CCC3O4)n2)cc1. The fraction of sp³-hybridized carbons (Fsp3) is 0.333. The maximum Gasteiger partial charge on any atom is 0.232 e. The highest BCUT2D eigenvalue weighted by Crippen LogP contribution is 2.44. The van der Waals surface area contributed by atoms with Crippen molar-refractivity contribution in [2.75, 3.05) is 0 Å². The van der Waals surface area contributed by atoms with Gasteiger partial charge in [-0.2, -0.15) is 4.98 Å². The van der Waals surface area contributed by atoms with Crippen LogP contribution in [0.15, 0.2) is 59.1 Å². The van der Waals surface area contributed by atoms with Crippen LogP contribution in [0.4, 0.5) is 0 Å². The topological polar surface area (TPSA) is 57.4 Å². The number of para-hydroxylation sites is 1. The minimum atomic E-state index is 0.229. The lowest BCUT2D eigenvalue weighted by molar-refractivity contribution is 0.0974. The first kappa shape index (κ1) is 15.6. The van der Waals surface area contributed by atoms with Crippen molar-refractivity contribution in [2.24, 2.45) is 0 Å². The number of ether oxygens (including phenoxy) is 2. The molecule has 0 aliphatic carbocycles. The van der Waals surface area contributed by atoms with Crippen LogP contribution < -0.4 is 4.74 Å². The van der Waals surface area contributed by atoms with Crippen LogP contribution >= 0.6 is 0 Å². The van der Waals surface area contributed by atoms with Crippen LogP contribution in [-0.2, 0) is 11.3 Å². The van der Waals surface area contributed by atoms with Crippen LogP contribution in [0, 0.1) is 0 Å². The summed E-state index contributed by atoms with van der Waals surface area (Å²) in [6, 6.07) is 17.9. The summed E-state index contributed by atoms with van der Waals surface area (Å²) >= 11 is 0. The van der Waals surface area contributed by atoms with E-state index in [-0.39, 0.29) is 12.0 Å². The molecule has 132 valence electrons. The van der Waals surface area contributed by atoms with Gasteiger partial charge in [-0.25, -0.2) is 0 Å². The van der Waals surface area contributed by atoms with Gasteiger partial charge in [0.25, 0.3) is 0 Å². The van der Waals surface area contributed by atoms with Crippen molar-refractivity contribution >= 4 is 0 Å². The normalized spacial score (nSPS) is 24.1. The van der Waals surface area contributed by atoms with E-state index in [9.17, 15) is 0 Å². The van der Waals surface area contributed by atoms with Crippen molar-refractivity contribution in [3.63, 3.8) is 0 Å². The first-order chi connectivity index (χ1) is 12.9. The lowest BCUT2D eigenvalue weighted by Gasteiger charge is -2.13. The largest absolute Gasteiger partial charge is 0.488 e. The Kier molecular flexibility index (Phi) is 3.94. The van der Waals surface area contributed by atoms with Crippen molar-refractivity contribution in [1.29, 1.82) is 0 Å². The molecular weight excluding hydrogens is 328 g/mol. The van der Waals surface area contributed by atoms with Crippen molar-refractivity contribution in [1.82, 2.24) is 10.1 Å². The lowest BCUT2D eigenvalue weighted by atomic mass is 9.89. The number of fused-ring (bicyclic) bond motifs is 2. The van der Waals surface area contributed by atoms with Gasteiger partial charge in [-0.1, -0.05) is 47.6 Å². The Bertz CT molecular complexity index is 893. The number of nitrogens with zero attached hydrogens (tertiary/aromatic N) is 2. The van der Waals surface area contributed by atoms with E-state index in [0.29, 0.717) is 24.4 Å². The Morgan fingerprint density at radius 2 is 1.85 bits per heavy atom. The van der Waals surface area contributed by atoms with Crippen LogP contribution in [0.25, 0.3) is 11.4 Å². The third-order valence-electron chi connectivity index (χ3n) is 5.23. The van der Waals surface area contributed by atoms with Gasteiger partial charge in [0, 0.05) is 0 Å². The molecule has 0 radical (unpaired) electrons. The molecule has 0 saturated carbocycles. The average Bonchev–Trinajstić information content (AvgIpc) is 3.44. The average molecular weight is 348 g/mol. The van der Waals surface area contributed by atoms with E-state index >= 15 is 0 Å². The predicted molar refractivity (Wildman–Crippen MR) is 95.8 cm³/mol. The number of hydrogen-bond acceptors (Lipinski definition) is 5. The molecule has 3 unspecified atom stereocenters. The molecule has 5 rings (SSSR count). The van der Waals surface area contributed by atoms with Gasteiger partial charge in [-0.3, -0.25) is 0 Å². The fourth-order valence-corrected chi connectivity index (χ4v) is 3.91. The highest BCUT2D eigenvalue weighted by molar-refractivity contribution is 5.63. The van der Waals surface area contributed by atoms with Gasteiger partial charge in [0.1, 0.15) is 12.4 Å². The molecule has 26 heavy (non-hydrogen) atoms. The van der Waals surface area contributed by atoms with Crippen molar-refractivity contribution < 1.29 is 14.0 Å². The zero-order chi connectivity index (χ0) is 17.3. The first-order valence-corrected chi connectivity index (χ1v) is 9.12. The smallest absolute Gasteiger partial charge is 0.232 e. The second kappa shape index (κ2) is 6.57. The Hall–Kier alpha value is -2.66. The summed E-state index contributed by atoms with van der Waals surface area (Å²) in [5, 5.41) is 4.21. The maximum absolute atomic E-state index is 6.02. The molecule has 2 aliphatic rings. The van der Waals surface area contributed by atoms with Gasteiger partial charge in [-0.15, -0.1) is 0 Å². The van der Waals surface area contributed by atoms with E-state index in [1.165, 1.54) is 0 Å². The van der Waals surface area contributed by atoms with Crippen LogP contribution in [0.2, 0.25) is 0 Å². The molecule has 2 bridgehead atoms. The molecule has 0 amide bonds. The summed E-state index contributed by atoms with van der Waals surface area (Å²) in [5.41, 5.74) is 1.97. The van der Waals surface area contributed by atoms with E-state index < -0.39 is 0 Å². The Labute approximate surface area is 152 Å². The minimum Gasteiger partial charge on any atom is -0.488 e. The molecule has 1 aromatic heterocycles. The second-order valence-corrected chi connectivity index (χ2v) is 6.94. The summed E-state index contributed by atoms with van der Waals surface area (Å²) < 4.78 is 17.5. The molecule has 3 heterocycles. The fourth-order valence-electron chi connectivity index (χ4n) is 3.91. The molecule has 2 aromatic carbocycles. The maximum atomic E-state index is 6.02. The number of rotatable bonds is 5. The van der Waals surface area contributed by atoms with E-state index in [0.717, 1.165) is 36.1 Å². The number of aromatic nitrogens is 2. The summed E-state index contributed by atoms with van der Waals surface area (Å²) in [4.78, 5) is 4.66. The Balaban J connectivity index is 1.37. The van der Waals surface area contributed by atoms with Crippen molar-refractivity contribution in [2.45, 2.75) is 44.0 Å². The molecule has 3 aromatic rings. The Morgan fingerprint density at radius 1 is 1.00 bits per heavy atom. The van der Waals surface area contributed by atoms with Crippen LogP contribution in [0.5, 0.6) is 5.75 Å². The van der Waals surface area contributed by atoms with E-state index in [2.05, 4.69) is 10.1 Å². The molecule has 2 saturated heterocycles. The van der Waals surface area contributed by atoms with Gasteiger partial charge < -0.3 is 14.0 Å². The summed E-state index contributed by atoms with van der Waals surface area (Å²) in [5.74, 6) is 2.25. The second-order valence-electron chi connectivity index (χ2n) is 6.94. The molecule has 0 N–H and O–H groups in total. The lowest BCUT2D eigenvalue weighted by Crippen LogP contribution is -2.14. The zero-order valence-electron chi connectivity index (χ0n) is 14.4. The van der Waals surface area contributed by atoms with Gasteiger partial charge in [0.2, 0.25) is 11.7 Å². The molecular formula is C21H20N2O3. The molecule has 5 heteroatoms. The number of benzene rings is 2. The molecule has 3 atom stereocenters. The van der Waals surface area contributed by atoms with Crippen molar-refractivity contribution in [3.8, 4) is 17.1 Å². The Morgan fingerprint density at radius 3 is 2.65 bits per heavy atom. The third kappa shape index (κ3) is 2.88. The van der Waals surface area contributed by atoms with Gasteiger partial charge in [0.15, 0.2) is 0 Å². The zero-order valence-corrected chi connectivity index (χ0v) is 14.4. The first-order valence-electron chi connectivity index (χ1n) is 9.12. The van der Waals surface area contributed by atoms with Gasteiger partial charge in [0.05, 0.1) is 23.7 Å². The highest BCUT2D eigenvalue weighted by Gasteiger charge is 2.44. The monoisotopic (exact) mass is 348 g/mol. The van der Waals surface area contributed by atoms with Gasteiger partial charge in [-0.05, 0) is 37.0 Å². The van der Waals surface area contributed by atoms with E-state index in [1.54, 1.807) is 0 Å². The van der Waals surface area contributed by atoms with E-state index in [4.69, 9.17) is 14.0 Å². The molecule has 0 spiro atoms. The highest BCUT2D eigenvalue weighted by atomic mass is 16.5. The van der Waals surface area contributed by atoms with Crippen LogP contribution in [-0.4, -0.2) is 22.3 Å². The van der Waals surface area contributed by atoms with Gasteiger partial charge >= 0.3 is 0 Å². The predicted octanol–water partition coefficient (Wildman–Crippen LogP) is 4.35. The molecule has 5 nitrogen and oxygen atoms in total. The standard InChI is InChI=1S/C21H20N2O3/c1-2-6-14(7-3-1)13-24-18-9-5-4-8-16(18)20-22-21(26-23-20)17-12-15-10-11-19(17)25-15/h1-9,15,17,19H,10-13H2. The minimum absolute atomic E-state index is 0.229. The summed E-state index contributed by atoms with van der Waals surface area (Å²) in [6.07, 6.45) is 3.82. The van der Waals surface area contributed by atoms with Crippen LogP contribution in [0.3, 0.4) is 0 Å². The van der Waals surface area contributed by atoms with E-state index in [1.807, 2.05) is 54.6 Å². The van der Waals surface area contributed by atoms with Crippen molar-refractivity contribution in [3.05, 3.63) is 66.1 Å². The molecule has 2 aliphatic heterocycles. The van der Waals surface area contributed by atoms with Crippen LogP contribution in [0.1, 0.15) is 36.6 Å². The molecule has 2 fully saturated rings. The number of hydrogen-bond donors (Lipinski definition) is 0.